The fourth-order valence-electron chi connectivity index (χ4n) is 1.94. The van der Waals surface area contributed by atoms with Crippen molar-refractivity contribution >= 4 is 32.9 Å². The lowest BCUT2D eigenvalue weighted by Gasteiger charge is -2.13. The van der Waals surface area contributed by atoms with Crippen LogP contribution in [0.5, 0.6) is 0 Å². The monoisotopic (exact) mass is 277 g/mol. The number of aromatic nitrogens is 1. The number of nitrogens with zero attached hydrogens (tertiary/aromatic N) is 1. The molecule has 2 atom stereocenters. The Morgan fingerprint density at radius 2 is 2.16 bits per heavy atom. The zero-order valence-electron chi connectivity index (χ0n) is 11.2. The number of fused-ring (bicyclic) bond motifs is 1. The van der Waals surface area contributed by atoms with Crippen LogP contribution in [-0.2, 0) is 10.8 Å². The van der Waals surface area contributed by atoms with E-state index in [1.165, 1.54) is 0 Å². The van der Waals surface area contributed by atoms with Crippen LogP contribution < -0.4 is 11.1 Å². The lowest BCUT2D eigenvalue weighted by molar-refractivity contribution is 0.672. The highest BCUT2D eigenvalue weighted by Crippen LogP contribution is 2.27. The van der Waals surface area contributed by atoms with Crippen LogP contribution in [0.2, 0.25) is 0 Å². The Balaban J connectivity index is 2.13. The molecule has 4 nitrogen and oxygen atoms in total. The molecule has 2 aromatic rings. The van der Waals surface area contributed by atoms with Crippen molar-refractivity contribution in [3.05, 3.63) is 30.6 Å². The van der Waals surface area contributed by atoms with Crippen LogP contribution in [-0.4, -0.2) is 27.2 Å². The van der Waals surface area contributed by atoms with Gasteiger partial charge in [0.05, 0.1) is 0 Å². The number of nitrogen functional groups attached to an aromatic ring is 1. The average Bonchev–Trinajstić information content (AvgIpc) is 2.41. The van der Waals surface area contributed by atoms with E-state index in [1.54, 1.807) is 18.6 Å². The maximum Gasteiger partial charge on any atom is 0.0422 e. The number of hydrogen-bond donors (Lipinski definition) is 2. The third-order valence-electron chi connectivity index (χ3n) is 3.28. The second kappa shape index (κ2) is 6.02. The molecule has 0 spiro atoms. The summed E-state index contributed by atoms with van der Waals surface area (Å²) in [5.74, 6) is 0. The van der Waals surface area contributed by atoms with Crippen LogP contribution in [0.25, 0.3) is 10.8 Å². The van der Waals surface area contributed by atoms with E-state index in [4.69, 9.17) is 5.73 Å². The van der Waals surface area contributed by atoms with Crippen LogP contribution in [0.4, 0.5) is 11.4 Å². The lowest BCUT2D eigenvalue weighted by Crippen LogP contribution is -2.15. The van der Waals surface area contributed by atoms with Gasteiger partial charge in [-0.25, -0.2) is 0 Å². The molecule has 2 unspecified atom stereocenters. The molecule has 0 aliphatic heterocycles. The molecule has 2 rings (SSSR count). The first-order valence-corrected chi connectivity index (χ1v) is 7.90. The van der Waals surface area contributed by atoms with Gasteiger partial charge in [0, 0.05) is 63.4 Å². The van der Waals surface area contributed by atoms with Gasteiger partial charge in [-0.15, -0.1) is 0 Å². The fourth-order valence-corrected chi connectivity index (χ4v) is 2.39. The molecule has 19 heavy (non-hydrogen) atoms. The Hall–Kier alpha value is -1.62. The largest absolute Gasteiger partial charge is 0.398 e. The zero-order chi connectivity index (χ0) is 13.8. The number of nitrogens with one attached hydrogen (secondary N) is 1. The molecule has 0 aliphatic rings. The summed E-state index contributed by atoms with van der Waals surface area (Å²) in [6.45, 7) is 2.80. The van der Waals surface area contributed by atoms with Crippen molar-refractivity contribution in [2.45, 2.75) is 18.6 Å². The highest BCUT2D eigenvalue weighted by Gasteiger charge is 2.07. The fraction of sp³-hybridized carbons (Fsp3) is 0.357. The topological polar surface area (TPSA) is 68.0 Å². The summed E-state index contributed by atoms with van der Waals surface area (Å²) in [5.41, 5.74) is 7.71. The SMILES string of the molecule is CC(CCNc1ccc(N)c2cnccc12)S(C)=O. The summed E-state index contributed by atoms with van der Waals surface area (Å²) in [7, 11) is -0.769. The Labute approximate surface area is 115 Å². The van der Waals surface area contributed by atoms with E-state index in [1.807, 2.05) is 25.1 Å². The van der Waals surface area contributed by atoms with Crippen LogP contribution in [0, 0.1) is 0 Å². The first-order chi connectivity index (χ1) is 9.09. The molecule has 0 bridgehead atoms. The Morgan fingerprint density at radius 3 is 2.89 bits per heavy atom. The number of rotatable bonds is 5. The van der Waals surface area contributed by atoms with Gasteiger partial charge in [-0.3, -0.25) is 9.19 Å². The summed E-state index contributed by atoms with van der Waals surface area (Å²) >= 11 is 0. The molecule has 0 aliphatic carbocycles. The van der Waals surface area contributed by atoms with Gasteiger partial charge < -0.3 is 11.1 Å². The van der Waals surface area contributed by atoms with E-state index in [2.05, 4.69) is 10.3 Å². The summed E-state index contributed by atoms with van der Waals surface area (Å²) in [5, 5.41) is 5.61. The normalized spacial score (nSPS) is 14.2. The Bertz CT molecular complexity index is 600. The Morgan fingerprint density at radius 1 is 1.37 bits per heavy atom. The molecule has 5 heteroatoms. The van der Waals surface area contributed by atoms with E-state index < -0.39 is 10.8 Å². The standard InChI is InChI=1S/C14H19N3OS/c1-10(19(2)18)5-8-17-14-4-3-13(15)12-9-16-7-6-11(12)14/h3-4,6-7,9-10,17H,5,8,15H2,1-2H3. The molecule has 3 N–H and O–H groups in total. The smallest absolute Gasteiger partial charge is 0.0422 e. The first-order valence-electron chi connectivity index (χ1n) is 6.28. The predicted molar refractivity (Wildman–Crippen MR) is 82.8 cm³/mol. The van der Waals surface area contributed by atoms with Gasteiger partial charge in [0.1, 0.15) is 0 Å². The van der Waals surface area contributed by atoms with Gasteiger partial charge in [-0.1, -0.05) is 6.92 Å². The minimum Gasteiger partial charge on any atom is -0.398 e. The molecule has 1 aromatic carbocycles. The number of anilines is 2. The van der Waals surface area contributed by atoms with Crippen molar-refractivity contribution in [3.8, 4) is 0 Å². The summed E-state index contributed by atoms with van der Waals surface area (Å²) < 4.78 is 11.3. The molecule has 0 saturated carbocycles. The quantitative estimate of drug-likeness (QED) is 0.823. The van der Waals surface area contributed by atoms with Crippen LogP contribution in [0.3, 0.4) is 0 Å². The molecule has 102 valence electrons. The maximum absolute atomic E-state index is 11.3. The Kier molecular flexibility index (Phi) is 4.37. The number of pyridine rings is 1. The molecule has 0 amide bonds. The molecule has 0 fully saturated rings. The van der Waals surface area contributed by atoms with Crippen molar-refractivity contribution in [2.24, 2.45) is 0 Å². The number of nitrogens with two attached hydrogens (primary N) is 1. The van der Waals surface area contributed by atoms with Crippen molar-refractivity contribution in [2.75, 3.05) is 23.9 Å². The van der Waals surface area contributed by atoms with Gasteiger partial charge >= 0.3 is 0 Å². The number of benzene rings is 1. The van der Waals surface area contributed by atoms with Crippen molar-refractivity contribution in [1.82, 2.24) is 4.98 Å². The summed E-state index contributed by atoms with van der Waals surface area (Å²) in [6.07, 6.45) is 6.16. The van der Waals surface area contributed by atoms with Crippen LogP contribution >= 0.6 is 0 Å². The molecular weight excluding hydrogens is 258 g/mol. The molecular formula is C14H19N3OS. The van der Waals surface area contributed by atoms with Crippen LogP contribution in [0.15, 0.2) is 30.6 Å². The predicted octanol–water partition coefficient (Wildman–Crippen LogP) is 2.39. The van der Waals surface area contributed by atoms with Gasteiger partial charge in [-0.05, 0) is 24.6 Å². The van der Waals surface area contributed by atoms with E-state index in [-0.39, 0.29) is 5.25 Å². The van der Waals surface area contributed by atoms with Gasteiger partial charge in [-0.2, -0.15) is 0 Å². The van der Waals surface area contributed by atoms with Gasteiger partial charge in [0.25, 0.3) is 0 Å². The number of hydrogen-bond acceptors (Lipinski definition) is 4. The molecule has 1 aromatic heterocycles. The molecule has 0 saturated heterocycles. The zero-order valence-corrected chi connectivity index (χ0v) is 12.0. The molecule has 1 heterocycles. The lowest BCUT2D eigenvalue weighted by atomic mass is 10.1. The second-order valence-electron chi connectivity index (χ2n) is 4.65. The minimum atomic E-state index is -0.769. The highest BCUT2D eigenvalue weighted by molar-refractivity contribution is 7.84. The van der Waals surface area contributed by atoms with Gasteiger partial charge in [0.2, 0.25) is 0 Å². The first kappa shape index (κ1) is 13.8. The van der Waals surface area contributed by atoms with Crippen LogP contribution in [0.1, 0.15) is 13.3 Å². The highest BCUT2D eigenvalue weighted by atomic mass is 32.2. The second-order valence-corrected chi connectivity index (χ2v) is 6.45. The third kappa shape index (κ3) is 3.23. The van der Waals surface area contributed by atoms with E-state index in [0.29, 0.717) is 0 Å². The minimum absolute atomic E-state index is 0.203. The molecule has 0 radical (unpaired) electrons. The van der Waals surface area contributed by atoms with E-state index >= 15 is 0 Å². The van der Waals surface area contributed by atoms with Crippen molar-refractivity contribution in [3.63, 3.8) is 0 Å². The maximum atomic E-state index is 11.3. The van der Waals surface area contributed by atoms with Crippen molar-refractivity contribution < 1.29 is 4.21 Å². The summed E-state index contributed by atoms with van der Waals surface area (Å²) in [6, 6.07) is 5.81. The average molecular weight is 277 g/mol. The van der Waals surface area contributed by atoms with Gasteiger partial charge in [0.15, 0.2) is 0 Å². The summed E-state index contributed by atoms with van der Waals surface area (Å²) in [4.78, 5) is 4.10. The van der Waals surface area contributed by atoms with E-state index in [9.17, 15) is 4.21 Å². The third-order valence-corrected chi connectivity index (χ3v) is 4.65. The van der Waals surface area contributed by atoms with Crippen molar-refractivity contribution in [1.29, 1.82) is 0 Å². The van der Waals surface area contributed by atoms with E-state index in [0.717, 1.165) is 35.1 Å².